The normalized spacial score (nSPS) is 11.0. The summed E-state index contributed by atoms with van der Waals surface area (Å²) in [7, 11) is 0. The predicted molar refractivity (Wildman–Crippen MR) is 131 cm³/mol. The number of hydrazone groups is 1. The van der Waals surface area contributed by atoms with Crippen LogP contribution in [-0.2, 0) is 4.79 Å². The first-order chi connectivity index (χ1) is 16.0. The molecule has 0 aliphatic carbocycles. The molecule has 0 bridgehead atoms. The molecule has 33 heavy (non-hydrogen) atoms. The molecule has 4 rings (SSSR count). The first kappa shape index (κ1) is 22.5. The van der Waals surface area contributed by atoms with Crippen LogP contribution < -0.4 is 14.9 Å². The Morgan fingerprint density at radius 3 is 2.64 bits per heavy atom. The Balaban J connectivity index is 1.34. The highest BCUT2D eigenvalue weighted by Gasteiger charge is 2.19. The van der Waals surface area contributed by atoms with E-state index in [1.54, 1.807) is 30.3 Å². The monoisotopic (exact) mass is 478 g/mol. The van der Waals surface area contributed by atoms with Gasteiger partial charge in [0.1, 0.15) is 16.4 Å². The number of halogens is 1. The second-order valence-corrected chi connectivity index (χ2v) is 8.53. The van der Waals surface area contributed by atoms with Crippen LogP contribution in [0.25, 0.3) is 10.1 Å². The van der Waals surface area contributed by atoms with Crippen LogP contribution in [0.15, 0.2) is 77.9 Å². The predicted octanol–water partition coefficient (Wildman–Crippen LogP) is 5.61. The Labute approximate surface area is 199 Å². The fourth-order valence-electron chi connectivity index (χ4n) is 3.02. The highest BCUT2D eigenvalue weighted by atomic mass is 35.5. The number of nitrogens with zero attached hydrogens (tertiary/aromatic N) is 1. The number of ether oxygens (including phenoxy) is 2. The van der Waals surface area contributed by atoms with E-state index in [1.807, 2.05) is 49.4 Å². The van der Waals surface area contributed by atoms with Crippen molar-refractivity contribution < 1.29 is 19.1 Å². The summed E-state index contributed by atoms with van der Waals surface area (Å²) in [5, 5.41) is 5.13. The summed E-state index contributed by atoms with van der Waals surface area (Å²) in [6.45, 7) is 1.79. The molecule has 1 heterocycles. The number of carbonyl (C=O) groups is 2. The SMILES string of the molecule is Cc1cccc(OCC(=O)NN=Cc2cccc(OC(=O)c3sc4ccccc4c3Cl)c2)c1. The first-order valence-corrected chi connectivity index (χ1v) is 11.2. The molecule has 8 heteroatoms. The number of carbonyl (C=O) groups excluding carboxylic acids is 2. The van der Waals surface area contributed by atoms with E-state index in [4.69, 9.17) is 21.1 Å². The van der Waals surface area contributed by atoms with Crippen LogP contribution in [0.4, 0.5) is 0 Å². The van der Waals surface area contributed by atoms with Crippen molar-refractivity contribution in [3.63, 3.8) is 0 Å². The van der Waals surface area contributed by atoms with Crippen molar-refractivity contribution in [2.45, 2.75) is 6.92 Å². The molecule has 0 atom stereocenters. The van der Waals surface area contributed by atoms with Gasteiger partial charge < -0.3 is 9.47 Å². The summed E-state index contributed by atoms with van der Waals surface area (Å²) in [6, 6.07) is 21.7. The summed E-state index contributed by atoms with van der Waals surface area (Å²) in [5.41, 5.74) is 4.09. The average Bonchev–Trinajstić information content (AvgIpc) is 3.15. The number of aryl methyl sites for hydroxylation is 1. The van der Waals surface area contributed by atoms with Gasteiger partial charge in [-0.1, -0.05) is 54.1 Å². The molecule has 1 amide bonds. The summed E-state index contributed by atoms with van der Waals surface area (Å²) in [6.07, 6.45) is 1.45. The largest absolute Gasteiger partial charge is 0.484 e. The number of thiophene rings is 1. The second kappa shape index (κ2) is 10.3. The van der Waals surface area contributed by atoms with Crippen LogP contribution in [-0.4, -0.2) is 24.7 Å². The molecule has 1 aromatic heterocycles. The van der Waals surface area contributed by atoms with Crippen molar-refractivity contribution in [3.05, 3.63) is 93.8 Å². The van der Waals surface area contributed by atoms with Gasteiger partial charge in [-0.2, -0.15) is 5.10 Å². The minimum Gasteiger partial charge on any atom is -0.484 e. The van der Waals surface area contributed by atoms with Crippen molar-refractivity contribution in [2.75, 3.05) is 6.61 Å². The zero-order valence-corrected chi connectivity index (χ0v) is 19.2. The van der Waals surface area contributed by atoms with Gasteiger partial charge in [-0.05, 0) is 48.4 Å². The van der Waals surface area contributed by atoms with Gasteiger partial charge in [-0.3, -0.25) is 4.79 Å². The molecule has 0 radical (unpaired) electrons. The third-order valence-electron chi connectivity index (χ3n) is 4.55. The maximum absolute atomic E-state index is 12.6. The molecule has 1 N–H and O–H groups in total. The zero-order chi connectivity index (χ0) is 23.2. The van der Waals surface area contributed by atoms with Crippen molar-refractivity contribution in [1.29, 1.82) is 0 Å². The fourth-order valence-corrected chi connectivity index (χ4v) is 4.41. The van der Waals surface area contributed by atoms with Gasteiger partial charge in [0.25, 0.3) is 5.91 Å². The van der Waals surface area contributed by atoms with E-state index in [0.717, 1.165) is 15.6 Å². The van der Waals surface area contributed by atoms with Gasteiger partial charge in [-0.25, -0.2) is 10.2 Å². The number of hydrogen-bond acceptors (Lipinski definition) is 6. The Morgan fingerprint density at radius 1 is 1.03 bits per heavy atom. The summed E-state index contributed by atoms with van der Waals surface area (Å²) in [4.78, 5) is 24.9. The smallest absolute Gasteiger partial charge is 0.355 e. The lowest BCUT2D eigenvalue weighted by molar-refractivity contribution is -0.123. The van der Waals surface area contributed by atoms with Crippen LogP contribution >= 0.6 is 22.9 Å². The average molecular weight is 479 g/mol. The maximum Gasteiger partial charge on any atom is 0.355 e. The quantitative estimate of drug-likeness (QED) is 0.162. The van der Waals surface area contributed by atoms with Gasteiger partial charge in [0, 0.05) is 10.1 Å². The number of benzene rings is 3. The molecule has 0 unspecified atom stereocenters. The molecular formula is C25H19ClN2O4S. The van der Waals surface area contributed by atoms with Crippen LogP contribution in [0.3, 0.4) is 0 Å². The van der Waals surface area contributed by atoms with Gasteiger partial charge in [-0.15, -0.1) is 11.3 Å². The van der Waals surface area contributed by atoms with Gasteiger partial charge in [0.15, 0.2) is 6.61 Å². The molecule has 0 aliphatic heterocycles. The number of fused-ring (bicyclic) bond motifs is 1. The highest BCUT2D eigenvalue weighted by molar-refractivity contribution is 7.21. The number of esters is 1. The van der Waals surface area contributed by atoms with Gasteiger partial charge >= 0.3 is 5.97 Å². The lowest BCUT2D eigenvalue weighted by Crippen LogP contribution is -2.24. The van der Waals surface area contributed by atoms with Crippen molar-refractivity contribution >= 4 is 51.1 Å². The number of amides is 1. The van der Waals surface area contributed by atoms with Crippen molar-refractivity contribution in [1.82, 2.24) is 5.43 Å². The third-order valence-corrected chi connectivity index (χ3v) is 6.21. The molecule has 0 fully saturated rings. The molecule has 0 aliphatic rings. The van der Waals surface area contributed by atoms with Gasteiger partial charge in [0.2, 0.25) is 0 Å². The molecule has 0 spiro atoms. The summed E-state index contributed by atoms with van der Waals surface area (Å²) in [5.74, 6) is 0.0283. The molecule has 0 saturated carbocycles. The highest BCUT2D eigenvalue weighted by Crippen LogP contribution is 2.35. The van der Waals surface area contributed by atoms with E-state index in [-0.39, 0.29) is 6.61 Å². The minimum absolute atomic E-state index is 0.158. The van der Waals surface area contributed by atoms with Crippen molar-refractivity contribution in [2.24, 2.45) is 5.10 Å². The Hall–Kier alpha value is -3.68. The summed E-state index contributed by atoms with van der Waals surface area (Å²) < 4.78 is 11.8. The minimum atomic E-state index is -0.531. The van der Waals surface area contributed by atoms with E-state index in [2.05, 4.69) is 10.5 Å². The second-order valence-electron chi connectivity index (χ2n) is 7.10. The molecule has 0 saturated heterocycles. The molecular weight excluding hydrogens is 460 g/mol. The number of rotatable bonds is 7. The van der Waals surface area contributed by atoms with E-state index in [9.17, 15) is 9.59 Å². The fraction of sp³-hybridized carbons (Fsp3) is 0.0800. The molecule has 166 valence electrons. The van der Waals surface area contributed by atoms with E-state index < -0.39 is 11.9 Å². The van der Waals surface area contributed by atoms with Gasteiger partial charge in [0.05, 0.1) is 11.2 Å². The molecule has 4 aromatic rings. The molecule has 6 nitrogen and oxygen atoms in total. The topological polar surface area (TPSA) is 77.0 Å². The van der Waals surface area contributed by atoms with E-state index in [1.165, 1.54) is 17.6 Å². The van der Waals surface area contributed by atoms with E-state index in [0.29, 0.717) is 27.0 Å². The van der Waals surface area contributed by atoms with Crippen LogP contribution in [0, 0.1) is 6.92 Å². The zero-order valence-electron chi connectivity index (χ0n) is 17.6. The third kappa shape index (κ3) is 5.77. The Bertz CT molecular complexity index is 1350. The standard InChI is InChI=1S/C25H19ClN2O4S/c1-16-6-4-8-18(12-16)31-15-22(29)28-27-14-17-7-5-9-19(13-17)32-25(30)24-23(26)20-10-2-3-11-21(20)33-24/h2-14H,15H2,1H3,(H,28,29). The number of hydrogen-bond donors (Lipinski definition) is 1. The van der Waals surface area contributed by atoms with Crippen LogP contribution in [0.5, 0.6) is 11.5 Å². The van der Waals surface area contributed by atoms with Crippen LogP contribution in [0.2, 0.25) is 5.02 Å². The lowest BCUT2D eigenvalue weighted by Gasteiger charge is -2.06. The van der Waals surface area contributed by atoms with Crippen LogP contribution in [0.1, 0.15) is 20.8 Å². The summed E-state index contributed by atoms with van der Waals surface area (Å²) >= 11 is 7.64. The first-order valence-electron chi connectivity index (χ1n) is 10.0. The van der Waals surface area contributed by atoms with Crippen molar-refractivity contribution in [3.8, 4) is 11.5 Å². The number of nitrogens with one attached hydrogen (secondary N) is 1. The maximum atomic E-state index is 12.6. The van der Waals surface area contributed by atoms with E-state index >= 15 is 0 Å². The Kier molecular flexibility index (Phi) is 7.02. The lowest BCUT2D eigenvalue weighted by atomic mass is 10.2. The molecule has 3 aromatic carbocycles. The Morgan fingerprint density at radius 2 is 1.82 bits per heavy atom.